The van der Waals surface area contributed by atoms with Gasteiger partial charge in [-0.3, -0.25) is 0 Å². The lowest BCUT2D eigenvalue weighted by Crippen LogP contribution is -2.22. The van der Waals surface area contributed by atoms with Crippen molar-refractivity contribution in [1.29, 1.82) is 0 Å². The summed E-state index contributed by atoms with van der Waals surface area (Å²) in [6.07, 6.45) is 5.26. The van der Waals surface area contributed by atoms with Gasteiger partial charge in [-0.1, -0.05) is 12.1 Å². The Labute approximate surface area is 113 Å². The number of nitrogens with zero attached hydrogens (tertiary/aromatic N) is 2. The van der Waals surface area contributed by atoms with Crippen LogP contribution in [0.25, 0.3) is 0 Å². The fourth-order valence-electron chi connectivity index (χ4n) is 2.09. The van der Waals surface area contributed by atoms with Gasteiger partial charge in [0.2, 0.25) is 5.89 Å². The molecule has 0 saturated carbocycles. The Morgan fingerprint density at radius 3 is 3.11 bits per heavy atom. The van der Waals surface area contributed by atoms with E-state index in [1.165, 1.54) is 6.42 Å². The Morgan fingerprint density at radius 2 is 2.37 bits per heavy atom. The van der Waals surface area contributed by atoms with Gasteiger partial charge in [-0.2, -0.15) is 4.98 Å². The first-order chi connectivity index (χ1) is 9.29. The van der Waals surface area contributed by atoms with Crippen LogP contribution in [0.3, 0.4) is 0 Å². The average Bonchev–Trinajstić information content (AvgIpc) is 2.89. The molecular weight excluding hydrogens is 246 g/mol. The molecule has 0 spiro atoms. The summed E-state index contributed by atoms with van der Waals surface area (Å²) in [4.78, 5) is 4.32. The Hall–Kier alpha value is -0.980. The molecule has 2 rings (SSSR count). The van der Waals surface area contributed by atoms with Gasteiger partial charge in [-0.05, 0) is 25.7 Å². The number of ether oxygens (including phenoxy) is 2. The lowest BCUT2D eigenvalue weighted by Gasteiger charge is -2.20. The van der Waals surface area contributed by atoms with Crippen LogP contribution >= 0.6 is 0 Å². The van der Waals surface area contributed by atoms with E-state index in [-0.39, 0.29) is 12.1 Å². The van der Waals surface area contributed by atoms with Gasteiger partial charge >= 0.3 is 0 Å². The van der Waals surface area contributed by atoms with Gasteiger partial charge in [-0.25, -0.2) is 0 Å². The van der Waals surface area contributed by atoms with Crippen molar-refractivity contribution < 1.29 is 14.0 Å². The fraction of sp³-hybridized carbons (Fsp3) is 0.846. The molecule has 108 valence electrons. The molecule has 0 aromatic carbocycles. The van der Waals surface area contributed by atoms with Crippen LogP contribution in [0.4, 0.5) is 0 Å². The van der Waals surface area contributed by atoms with Crippen molar-refractivity contribution in [2.24, 2.45) is 5.73 Å². The largest absolute Gasteiger partial charge is 0.379 e. The maximum Gasteiger partial charge on any atom is 0.229 e. The van der Waals surface area contributed by atoms with Crippen LogP contribution in [0.1, 0.15) is 50.4 Å². The monoisotopic (exact) mass is 269 g/mol. The molecule has 0 bridgehead atoms. The van der Waals surface area contributed by atoms with Crippen LogP contribution in [0.2, 0.25) is 0 Å². The van der Waals surface area contributed by atoms with Gasteiger partial charge in [0.15, 0.2) is 5.82 Å². The van der Waals surface area contributed by atoms with E-state index in [4.69, 9.17) is 19.7 Å². The van der Waals surface area contributed by atoms with Crippen molar-refractivity contribution in [3.8, 4) is 0 Å². The predicted molar refractivity (Wildman–Crippen MR) is 69.6 cm³/mol. The van der Waals surface area contributed by atoms with Crippen LogP contribution < -0.4 is 5.73 Å². The highest BCUT2D eigenvalue weighted by molar-refractivity contribution is 4.94. The van der Waals surface area contributed by atoms with Gasteiger partial charge in [0.05, 0.1) is 25.2 Å². The maximum atomic E-state index is 5.94. The van der Waals surface area contributed by atoms with Gasteiger partial charge in [0, 0.05) is 13.2 Å². The van der Waals surface area contributed by atoms with E-state index in [9.17, 15) is 0 Å². The molecule has 19 heavy (non-hydrogen) atoms. The zero-order valence-electron chi connectivity index (χ0n) is 11.5. The highest BCUT2D eigenvalue weighted by atomic mass is 16.5. The van der Waals surface area contributed by atoms with Crippen molar-refractivity contribution in [2.75, 3.05) is 19.8 Å². The lowest BCUT2D eigenvalue weighted by molar-refractivity contribution is 0.0124. The Morgan fingerprint density at radius 1 is 1.47 bits per heavy atom. The van der Waals surface area contributed by atoms with Gasteiger partial charge in [-0.15, -0.1) is 0 Å². The third-order valence-corrected chi connectivity index (χ3v) is 3.14. The lowest BCUT2D eigenvalue weighted by atomic mass is 10.1. The molecule has 1 aromatic rings. The smallest absolute Gasteiger partial charge is 0.229 e. The summed E-state index contributed by atoms with van der Waals surface area (Å²) >= 11 is 0. The molecule has 2 atom stereocenters. The van der Waals surface area contributed by atoms with E-state index in [1.54, 1.807) is 0 Å². The molecule has 0 radical (unpaired) electrons. The minimum atomic E-state index is -0.323. The Balaban J connectivity index is 1.80. The predicted octanol–water partition coefficient (Wildman–Crippen LogP) is 1.61. The molecule has 1 aliphatic rings. The normalized spacial score (nSPS) is 21.5. The first kappa shape index (κ1) is 14.4. The molecular formula is C13H23N3O3. The number of hydrogen-bond donors (Lipinski definition) is 1. The summed E-state index contributed by atoms with van der Waals surface area (Å²) < 4.78 is 16.3. The summed E-state index contributed by atoms with van der Waals surface area (Å²) in [5.41, 5.74) is 5.94. The standard InChI is InChI=1S/C13H23N3O3/c1-2-6-17-9-11(14)13-15-12(19-16-13)8-10-5-3-4-7-18-10/h10-11H,2-9,14H2,1H3. The van der Waals surface area contributed by atoms with E-state index in [0.29, 0.717) is 31.3 Å². The summed E-state index contributed by atoms with van der Waals surface area (Å²) in [6.45, 7) is 4.01. The second-order valence-corrected chi connectivity index (χ2v) is 4.92. The van der Waals surface area contributed by atoms with Crippen molar-refractivity contribution in [1.82, 2.24) is 10.1 Å². The number of nitrogens with two attached hydrogens (primary N) is 1. The summed E-state index contributed by atoms with van der Waals surface area (Å²) in [5, 5.41) is 3.91. The SMILES string of the molecule is CCCOCC(N)c1noc(CC2CCCCO2)n1. The van der Waals surface area contributed by atoms with Gasteiger partial charge < -0.3 is 19.7 Å². The first-order valence-electron chi connectivity index (χ1n) is 7.07. The summed E-state index contributed by atoms with van der Waals surface area (Å²) in [5.74, 6) is 1.12. The van der Waals surface area contributed by atoms with Crippen molar-refractivity contribution in [3.05, 3.63) is 11.7 Å². The quantitative estimate of drug-likeness (QED) is 0.757. The van der Waals surface area contributed by atoms with Crippen LogP contribution in [-0.2, 0) is 15.9 Å². The van der Waals surface area contributed by atoms with Crippen molar-refractivity contribution >= 4 is 0 Å². The fourth-order valence-corrected chi connectivity index (χ4v) is 2.09. The van der Waals surface area contributed by atoms with Crippen molar-refractivity contribution in [2.45, 2.75) is 51.2 Å². The molecule has 1 aliphatic heterocycles. The molecule has 6 nitrogen and oxygen atoms in total. The highest BCUT2D eigenvalue weighted by Crippen LogP contribution is 2.17. The zero-order valence-corrected chi connectivity index (χ0v) is 11.5. The second kappa shape index (κ2) is 7.57. The minimum absolute atomic E-state index is 0.203. The number of hydrogen-bond acceptors (Lipinski definition) is 6. The van der Waals surface area contributed by atoms with E-state index < -0.39 is 0 Å². The molecule has 2 heterocycles. The molecule has 0 amide bonds. The zero-order chi connectivity index (χ0) is 13.5. The van der Waals surface area contributed by atoms with E-state index in [1.807, 2.05) is 0 Å². The van der Waals surface area contributed by atoms with E-state index in [2.05, 4.69) is 17.1 Å². The van der Waals surface area contributed by atoms with Gasteiger partial charge in [0.25, 0.3) is 0 Å². The Kier molecular flexibility index (Phi) is 5.75. The average molecular weight is 269 g/mol. The molecule has 2 unspecified atom stereocenters. The number of aromatic nitrogens is 2. The van der Waals surface area contributed by atoms with E-state index in [0.717, 1.165) is 25.9 Å². The molecule has 0 aliphatic carbocycles. The third-order valence-electron chi connectivity index (χ3n) is 3.14. The van der Waals surface area contributed by atoms with Gasteiger partial charge in [0.1, 0.15) is 0 Å². The molecule has 1 fully saturated rings. The van der Waals surface area contributed by atoms with Crippen LogP contribution in [0.5, 0.6) is 0 Å². The third kappa shape index (κ3) is 4.56. The van der Waals surface area contributed by atoms with Crippen LogP contribution in [0, 0.1) is 0 Å². The summed E-state index contributed by atoms with van der Waals surface area (Å²) in [7, 11) is 0. The Bertz CT molecular complexity index is 364. The molecule has 6 heteroatoms. The topological polar surface area (TPSA) is 83.4 Å². The van der Waals surface area contributed by atoms with Crippen molar-refractivity contribution in [3.63, 3.8) is 0 Å². The minimum Gasteiger partial charge on any atom is -0.379 e. The highest BCUT2D eigenvalue weighted by Gasteiger charge is 2.20. The molecule has 1 aromatic heterocycles. The van der Waals surface area contributed by atoms with E-state index >= 15 is 0 Å². The second-order valence-electron chi connectivity index (χ2n) is 4.92. The molecule has 2 N–H and O–H groups in total. The van der Waals surface area contributed by atoms with Crippen LogP contribution in [0.15, 0.2) is 4.52 Å². The number of rotatable bonds is 7. The summed E-state index contributed by atoms with van der Waals surface area (Å²) in [6, 6.07) is -0.323. The maximum absolute atomic E-state index is 5.94. The first-order valence-corrected chi connectivity index (χ1v) is 7.07. The van der Waals surface area contributed by atoms with Crippen LogP contribution in [-0.4, -0.2) is 36.1 Å². The molecule has 1 saturated heterocycles.